The Morgan fingerprint density at radius 1 is 0.517 bits per heavy atom. The predicted octanol–water partition coefficient (Wildman–Crippen LogP) is 5.34. The second-order valence-electron chi connectivity index (χ2n) is 5.82. The van der Waals surface area contributed by atoms with Gasteiger partial charge in [-0.1, -0.05) is 12.1 Å². The van der Waals surface area contributed by atoms with Gasteiger partial charge in [-0.25, -0.2) is 0 Å². The normalized spacial score (nSPS) is 9.38. The average Bonchev–Trinajstić information content (AvgIpc) is 2.70. The minimum atomic E-state index is 0. The number of nitrogen functional groups attached to an aromatic ring is 2. The van der Waals surface area contributed by atoms with Crippen molar-refractivity contribution in [2.45, 2.75) is 0 Å². The van der Waals surface area contributed by atoms with Gasteiger partial charge in [-0.2, -0.15) is 36.4 Å². The second-order valence-corrected chi connectivity index (χ2v) is 5.82. The summed E-state index contributed by atoms with van der Waals surface area (Å²) in [6.45, 7) is 0. The van der Waals surface area contributed by atoms with E-state index in [4.69, 9.17) is 20.9 Å². The van der Waals surface area contributed by atoms with Crippen LogP contribution in [0.5, 0.6) is 23.0 Å². The Balaban J connectivity index is 0.000000200. The van der Waals surface area contributed by atoms with Gasteiger partial charge >= 0.3 is 48.9 Å². The fraction of sp³-hybridized carbons (Fsp3) is 0. The van der Waals surface area contributed by atoms with Crippen molar-refractivity contribution in [3.8, 4) is 23.0 Å². The summed E-state index contributed by atoms with van der Waals surface area (Å²) in [4.78, 5) is 0. The van der Waals surface area contributed by atoms with Gasteiger partial charge in [-0.15, -0.1) is 24.3 Å². The summed E-state index contributed by atoms with van der Waals surface area (Å²) in [5.41, 5.74) is 12.7. The minimum absolute atomic E-state index is 0. The molecule has 0 saturated heterocycles. The Bertz CT molecular complexity index is 913. The molecule has 0 aliphatic rings. The number of benzene rings is 4. The summed E-state index contributed by atoms with van der Waals surface area (Å²) in [6, 6.07) is 35.2. The largest absolute Gasteiger partial charge is 2.00 e. The Labute approximate surface area is 211 Å². The molecule has 0 amide bonds. The summed E-state index contributed by atoms with van der Waals surface area (Å²) in [7, 11) is 0. The maximum atomic E-state index is 5.63. The molecule has 0 saturated carbocycles. The van der Waals surface area contributed by atoms with Gasteiger partial charge in [0.2, 0.25) is 0 Å². The molecule has 4 rings (SSSR count). The van der Waals surface area contributed by atoms with E-state index in [0.29, 0.717) is 11.4 Å². The SMILES string of the molecule is Nc1cccc(Oc2cc[c-]cc2)c1.Nc1cccc(Oc2cc[c-]cc2)c1.[Ba+2]. The van der Waals surface area contributed by atoms with Crippen molar-refractivity contribution in [3.63, 3.8) is 0 Å². The van der Waals surface area contributed by atoms with Crippen LogP contribution >= 0.6 is 0 Å². The predicted molar refractivity (Wildman–Crippen MR) is 118 cm³/mol. The van der Waals surface area contributed by atoms with Crippen molar-refractivity contribution in [2.75, 3.05) is 11.5 Å². The third-order valence-corrected chi connectivity index (χ3v) is 3.56. The second kappa shape index (κ2) is 12.3. The fourth-order valence-corrected chi connectivity index (χ4v) is 2.31. The van der Waals surface area contributed by atoms with Gasteiger partial charge in [-0.3, -0.25) is 0 Å². The smallest absolute Gasteiger partial charge is 0.483 e. The number of rotatable bonds is 4. The van der Waals surface area contributed by atoms with Gasteiger partial charge in [0.25, 0.3) is 0 Å². The van der Waals surface area contributed by atoms with E-state index in [1.807, 2.05) is 84.9 Å². The third kappa shape index (κ3) is 8.27. The molecule has 4 nitrogen and oxygen atoms in total. The van der Waals surface area contributed by atoms with Crippen LogP contribution in [0.3, 0.4) is 0 Å². The zero-order valence-electron chi connectivity index (χ0n) is 15.9. The minimum Gasteiger partial charge on any atom is -0.483 e. The van der Waals surface area contributed by atoms with Crippen LogP contribution in [0.2, 0.25) is 0 Å². The molecule has 0 atom stereocenters. The van der Waals surface area contributed by atoms with Crippen molar-refractivity contribution < 1.29 is 9.47 Å². The molecule has 0 unspecified atom stereocenters. The van der Waals surface area contributed by atoms with Crippen LogP contribution in [0.4, 0.5) is 11.4 Å². The summed E-state index contributed by atoms with van der Waals surface area (Å²) in [6.07, 6.45) is 0. The first kappa shape index (κ1) is 22.9. The van der Waals surface area contributed by atoms with E-state index in [-0.39, 0.29) is 48.9 Å². The maximum Gasteiger partial charge on any atom is 2.00 e. The van der Waals surface area contributed by atoms with Crippen molar-refractivity contribution in [1.82, 2.24) is 0 Å². The molecular formula is C24H20BaN2O2. The molecule has 0 aliphatic heterocycles. The number of ether oxygens (including phenoxy) is 2. The van der Waals surface area contributed by atoms with Crippen LogP contribution in [0, 0.1) is 12.1 Å². The average molecular weight is 506 g/mol. The quantitative estimate of drug-likeness (QED) is 0.223. The van der Waals surface area contributed by atoms with Gasteiger partial charge in [0.05, 0.1) is 0 Å². The van der Waals surface area contributed by atoms with E-state index in [2.05, 4.69) is 12.1 Å². The van der Waals surface area contributed by atoms with Crippen LogP contribution in [0.15, 0.2) is 97.1 Å². The van der Waals surface area contributed by atoms with E-state index < -0.39 is 0 Å². The monoisotopic (exact) mass is 506 g/mol. The van der Waals surface area contributed by atoms with Crippen molar-refractivity contribution in [1.29, 1.82) is 0 Å². The third-order valence-electron chi connectivity index (χ3n) is 3.56. The molecule has 140 valence electrons. The van der Waals surface area contributed by atoms with Crippen LogP contribution in [-0.4, -0.2) is 48.9 Å². The van der Waals surface area contributed by atoms with Gasteiger partial charge in [0.15, 0.2) is 0 Å². The van der Waals surface area contributed by atoms with Gasteiger partial charge in [-0.05, 0) is 24.3 Å². The molecule has 4 aromatic carbocycles. The molecule has 0 heterocycles. The molecule has 0 radical (unpaired) electrons. The molecule has 0 spiro atoms. The summed E-state index contributed by atoms with van der Waals surface area (Å²) in [5.74, 6) is 3.07. The van der Waals surface area contributed by atoms with Crippen LogP contribution < -0.4 is 20.9 Å². The number of hydrogen-bond acceptors (Lipinski definition) is 4. The first-order chi connectivity index (χ1) is 13.7. The first-order valence-corrected chi connectivity index (χ1v) is 8.68. The molecule has 4 N–H and O–H groups in total. The molecule has 0 bridgehead atoms. The van der Waals surface area contributed by atoms with Crippen LogP contribution in [0.25, 0.3) is 0 Å². The van der Waals surface area contributed by atoms with Crippen molar-refractivity contribution >= 4 is 60.3 Å². The first-order valence-electron chi connectivity index (χ1n) is 8.68. The Morgan fingerprint density at radius 2 is 0.897 bits per heavy atom. The van der Waals surface area contributed by atoms with Crippen LogP contribution in [-0.2, 0) is 0 Å². The van der Waals surface area contributed by atoms with Gasteiger partial charge < -0.3 is 20.9 Å². The Morgan fingerprint density at radius 3 is 1.24 bits per heavy atom. The summed E-state index contributed by atoms with van der Waals surface area (Å²) in [5, 5.41) is 0. The topological polar surface area (TPSA) is 70.5 Å². The molecule has 0 aromatic heterocycles. The fourth-order valence-electron chi connectivity index (χ4n) is 2.31. The van der Waals surface area contributed by atoms with Crippen LogP contribution in [0.1, 0.15) is 0 Å². The zero-order valence-corrected chi connectivity index (χ0v) is 20.4. The van der Waals surface area contributed by atoms with E-state index in [0.717, 1.165) is 23.0 Å². The van der Waals surface area contributed by atoms with E-state index in [1.54, 1.807) is 12.1 Å². The zero-order chi connectivity index (χ0) is 19.6. The molecule has 4 aromatic rings. The van der Waals surface area contributed by atoms with Crippen molar-refractivity contribution in [2.24, 2.45) is 0 Å². The van der Waals surface area contributed by atoms with Gasteiger partial charge in [0, 0.05) is 35.0 Å². The molecule has 0 fully saturated rings. The molecule has 5 heteroatoms. The Hall–Kier alpha value is -2.35. The maximum absolute atomic E-state index is 5.63. The van der Waals surface area contributed by atoms with E-state index >= 15 is 0 Å². The van der Waals surface area contributed by atoms with Gasteiger partial charge in [0.1, 0.15) is 11.5 Å². The van der Waals surface area contributed by atoms with E-state index in [9.17, 15) is 0 Å². The Kier molecular flexibility index (Phi) is 9.70. The summed E-state index contributed by atoms with van der Waals surface area (Å²) >= 11 is 0. The van der Waals surface area contributed by atoms with E-state index in [1.165, 1.54) is 0 Å². The van der Waals surface area contributed by atoms with Crippen molar-refractivity contribution in [3.05, 3.63) is 109 Å². The number of hydrogen-bond donors (Lipinski definition) is 2. The number of anilines is 2. The number of nitrogens with two attached hydrogens (primary N) is 2. The molecule has 29 heavy (non-hydrogen) atoms. The molecular weight excluding hydrogens is 486 g/mol. The molecule has 0 aliphatic carbocycles. The standard InChI is InChI=1S/2C12H10NO.Ba/c2*13-10-5-4-8-12(9-10)14-11-6-2-1-3-7-11;/h2*2-9H,13H2;/q2*-1;+2. The summed E-state index contributed by atoms with van der Waals surface area (Å²) < 4.78 is 11.1.